The minimum Gasteiger partial charge on any atom is -0.466 e. The van der Waals surface area contributed by atoms with E-state index in [-0.39, 0.29) is 25.4 Å². The molecule has 6 heteroatoms. The molecule has 24 heavy (non-hydrogen) atoms. The Bertz CT molecular complexity index is 491. The monoisotopic (exact) mass is 337 g/mol. The van der Waals surface area contributed by atoms with Crippen LogP contribution in [-0.2, 0) is 20.9 Å². The fraction of sp³-hybridized carbons (Fsp3) is 0.556. The number of benzene rings is 1. The van der Waals surface area contributed by atoms with Crippen LogP contribution in [0, 0.1) is 0 Å². The zero-order valence-corrected chi connectivity index (χ0v) is 14.4. The molecule has 1 aromatic carbocycles. The Kier molecular flexibility index (Phi) is 9.53. The molecule has 2 N–H and O–H groups in total. The van der Waals surface area contributed by atoms with E-state index in [0.717, 1.165) is 18.4 Å². The predicted molar refractivity (Wildman–Crippen MR) is 90.3 cm³/mol. The molecule has 0 saturated carbocycles. The number of hydrogen-bond acceptors (Lipinski definition) is 5. The van der Waals surface area contributed by atoms with Crippen molar-refractivity contribution < 1.29 is 24.2 Å². The molecule has 0 aliphatic rings. The van der Waals surface area contributed by atoms with E-state index in [2.05, 4.69) is 5.32 Å². The van der Waals surface area contributed by atoms with Gasteiger partial charge in [-0.3, -0.25) is 4.79 Å². The highest BCUT2D eigenvalue weighted by atomic mass is 16.5. The summed E-state index contributed by atoms with van der Waals surface area (Å²) < 4.78 is 10.1. The van der Waals surface area contributed by atoms with Crippen LogP contribution in [0.4, 0.5) is 4.79 Å². The summed E-state index contributed by atoms with van der Waals surface area (Å²) in [5.74, 6) is -0.332. The lowest BCUT2D eigenvalue weighted by Crippen LogP contribution is -2.41. The average Bonchev–Trinajstić information content (AvgIpc) is 2.59. The maximum atomic E-state index is 11.7. The van der Waals surface area contributed by atoms with Gasteiger partial charge in [0.15, 0.2) is 0 Å². The lowest BCUT2D eigenvalue weighted by Gasteiger charge is -2.19. The zero-order valence-electron chi connectivity index (χ0n) is 14.4. The van der Waals surface area contributed by atoms with E-state index in [1.165, 1.54) is 0 Å². The fourth-order valence-corrected chi connectivity index (χ4v) is 1.97. The van der Waals surface area contributed by atoms with Crippen molar-refractivity contribution in [3.63, 3.8) is 0 Å². The van der Waals surface area contributed by atoms with Gasteiger partial charge in [-0.25, -0.2) is 4.79 Å². The number of carbonyl (C=O) groups excluding carboxylic acids is 2. The van der Waals surface area contributed by atoms with Crippen molar-refractivity contribution in [2.75, 3.05) is 6.61 Å². The number of aliphatic hydroxyl groups excluding tert-OH is 1. The van der Waals surface area contributed by atoms with Gasteiger partial charge in [0.25, 0.3) is 0 Å². The molecule has 0 aromatic heterocycles. The van der Waals surface area contributed by atoms with Crippen LogP contribution in [0.3, 0.4) is 0 Å². The molecule has 0 radical (unpaired) electrons. The minimum atomic E-state index is -0.840. The summed E-state index contributed by atoms with van der Waals surface area (Å²) in [5, 5.41) is 12.6. The highest BCUT2D eigenvalue weighted by molar-refractivity contribution is 5.69. The SMILES string of the molecule is CCCCOC(=O)CC[C@@H](O)[C@H](C)NC(=O)OCc1ccccc1. The molecule has 1 aromatic rings. The molecule has 0 spiro atoms. The van der Waals surface area contributed by atoms with Gasteiger partial charge in [-0.1, -0.05) is 43.7 Å². The molecular formula is C18H27NO5. The number of amides is 1. The highest BCUT2D eigenvalue weighted by Gasteiger charge is 2.18. The second-order valence-electron chi connectivity index (χ2n) is 5.67. The van der Waals surface area contributed by atoms with Gasteiger partial charge in [-0.05, 0) is 25.3 Å². The van der Waals surface area contributed by atoms with Crippen LogP contribution in [-0.4, -0.2) is 35.9 Å². The van der Waals surface area contributed by atoms with Gasteiger partial charge < -0.3 is 19.9 Å². The van der Waals surface area contributed by atoms with Crippen molar-refractivity contribution in [3.8, 4) is 0 Å². The third-order valence-corrected chi connectivity index (χ3v) is 3.54. The Balaban J connectivity index is 2.21. The van der Waals surface area contributed by atoms with Crippen molar-refractivity contribution in [1.82, 2.24) is 5.32 Å². The number of esters is 1. The van der Waals surface area contributed by atoms with E-state index in [9.17, 15) is 14.7 Å². The van der Waals surface area contributed by atoms with Crippen LogP contribution in [0.1, 0.15) is 45.1 Å². The maximum absolute atomic E-state index is 11.7. The minimum absolute atomic E-state index is 0.121. The Morgan fingerprint density at radius 2 is 1.92 bits per heavy atom. The molecule has 6 nitrogen and oxygen atoms in total. The van der Waals surface area contributed by atoms with Crippen molar-refractivity contribution in [2.45, 2.75) is 58.3 Å². The van der Waals surface area contributed by atoms with Crippen LogP contribution in [0.5, 0.6) is 0 Å². The summed E-state index contributed by atoms with van der Waals surface area (Å²) in [4.78, 5) is 23.2. The molecule has 1 rings (SSSR count). The van der Waals surface area contributed by atoms with Crippen molar-refractivity contribution in [3.05, 3.63) is 35.9 Å². The van der Waals surface area contributed by atoms with Gasteiger partial charge in [0.2, 0.25) is 0 Å². The Labute approximate surface area is 143 Å². The molecule has 0 saturated heterocycles. The van der Waals surface area contributed by atoms with Gasteiger partial charge in [0.1, 0.15) is 6.61 Å². The van der Waals surface area contributed by atoms with Gasteiger partial charge in [-0.15, -0.1) is 0 Å². The number of aliphatic hydroxyl groups is 1. The van der Waals surface area contributed by atoms with E-state index in [1.807, 2.05) is 37.3 Å². The molecule has 1 amide bonds. The summed E-state index contributed by atoms with van der Waals surface area (Å²) in [6, 6.07) is 8.81. The molecule has 134 valence electrons. The van der Waals surface area contributed by atoms with Crippen molar-refractivity contribution in [1.29, 1.82) is 0 Å². The van der Waals surface area contributed by atoms with Gasteiger partial charge in [0, 0.05) is 6.42 Å². The zero-order chi connectivity index (χ0) is 17.8. The largest absolute Gasteiger partial charge is 0.466 e. The third-order valence-electron chi connectivity index (χ3n) is 3.54. The predicted octanol–water partition coefficient (Wildman–Crippen LogP) is 2.79. The highest BCUT2D eigenvalue weighted by Crippen LogP contribution is 2.06. The number of alkyl carbamates (subject to hydrolysis) is 1. The second-order valence-corrected chi connectivity index (χ2v) is 5.67. The molecule has 0 heterocycles. The quantitative estimate of drug-likeness (QED) is 0.506. The molecule has 2 atom stereocenters. The fourth-order valence-electron chi connectivity index (χ4n) is 1.97. The van der Waals surface area contributed by atoms with Crippen molar-refractivity contribution >= 4 is 12.1 Å². The number of ether oxygens (including phenoxy) is 2. The van der Waals surface area contributed by atoms with Crippen LogP contribution in [0.15, 0.2) is 30.3 Å². The molecule has 0 aliphatic carbocycles. The normalized spacial score (nSPS) is 13.0. The number of unbranched alkanes of at least 4 members (excludes halogenated alkanes) is 1. The van der Waals surface area contributed by atoms with Crippen LogP contribution < -0.4 is 5.32 Å². The Hall–Kier alpha value is -2.08. The van der Waals surface area contributed by atoms with E-state index >= 15 is 0 Å². The lowest BCUT2D eigenvalue weighted by atomic mass is 10.1. The van der Waals surface area contributed by atoms with E-state index in [0.29, 0.717) is 6.61 Å². The summed E-state index contributed by atoms with van der Waals surface area (Å²) >= 11 is 0. The number of rotatable bonds is 10. The first-order valence-electron chi connectivity index (χ1n) is 8.33. The van der Waals surface area contributed by atoms with E-state index in [1.54, 1.807) is 6.92 Å². The number of carbonyl (C=O) groups is 2. The van der Waals surface area contributed by atoms with Gasteiger partial charge in [0.05, 0.1) is 18.8 Å². The van der Waals surface area contributed by atoms with Crippen LogP contribution in [0.2, 0.25) is 0 Å². The van der Waals surface area contributed by atoms with Gasteiger partial charge >= 0.3 is 12.1 Å². The molecular weight excluding hydrogens is 310 g/mol. The van der Waals surface area contributed by atoms with E-state index in [4.69, 9.17) is 9.47 Å². The second kappa shape index (κ2) is 11.5. The summed E-state index contributed by atoms with van der Waals surface area (Å²) in [5.41, 5.74) is 0.885. The van der Waals surface area contributed by atoms with Gasteiger partial charge in [-0.2, -0.15) is 0 Å². The van der Waals surface area contributed by atoms with E-state index < -0.39 is 18.2 Å². The standard InChI is InChI=1S/C18H27NO5/c1-3-4-12-23-17(21)11-10-16(20)14(2)19-18(22)24-13-15-8-6-5-7-9-15/h5-9,14,16,20H,3-4,10-13H2,1-2H3,(H,19,22)/t14-,16+/m0/s1. The first-order chi connectivity index (χ1) is 11.5. The Morgan fingerprint density at radius 1 is 1.21 bits per heavy atom. The topological polar surface area (TPSA) is 84.9 Å². The lowest BCUT2D eigenvalue weighted by molar-refractivity contribution is -0.144. The Morgan fingerprint density at radius 3 is 2.58 bits per heavy atom. The first-order valence-corrected chi connectivity index (χ1v) is 8.33. The van der Waals surface area contributed by atoms with Crippen LogP contribution >= 0.6 is 0 Å². The number of nitrogens with one attached hydrogen (secondary N) is 1. The average molecular weight is 337 g/mol. The number of hydrogen-bond donors (Lipinski definition) is 2. The summed E-state index contributed by atoms with van der Waals surface area (Å²) in [7, 11) is 0. The summed E-state index contributed by atoms with van der Waals surface area (Å²) in [6.07, 6.45) is 0.701. The molecule has 0 bridgehead atoms. The first kappa shape index (κ1) is 20.0. The third kappa shape index (κ3) is 8.53. The molecule has 0 aliphatic heterocycles. The summed E-state index contributed by atoms with van der Waals surface area (Å²) in [6.45, 7) is 4.25. The van der Waals surface area contributed by atoms with Crippen LogP contribution in [0.25, 0.3) is 0 Å². The smallest absolute Gasteiger partial charge is 0.407 e. The molecule has 0 fully saturated rings. The molecule has 0 unspecified atom stereocenters. The maximum Gasteiger partial charge on any atom is 0.407 e. The van der Waals surface area contributed by atoms with Crippen molar-refractivity contribution in [2.24, 2.45) is 0 Å².